The zero-order valence-electron chi connectivity index (χ0n) is 43.5. The van der Waals surface area contributed by atoms with Crippen molar-refractivity contribution in [1.29, 1.82) is 0 Å². The maximum absolute atomic E-state index is 12.7. The molecule has 0 radical (unpaired) electrons. The first-order valence-electron chi connectivity index (χ1n) is 26.6. The summed E-state index contributed by atoms with van der Waals surface area (Å²) in [6, 6.07) is 0. The molecule has 0 aliphatic carbocycles. The first-order valence-corrected chi connectivity index (χ1v) is 26.6. The van der Waals surface area contributed by atoms with Crippen LogP contribution in [0, 0.1) is 47.3 Å². The van der Waals surface area contributed by atoms with Crippen molar-refractivity contribution in [3.63, 3.8) is 0 Å². The van der Waals surface area contributed by atoms with Gasteiger partial charge in [-0.25, -0.2) is 0 Å². The number of hydrogen-bond donors (Lipinski definition) is 0. The smallest absolute Gasteiger partial charge is 0.306 e. The second kappa shape index (κ2) is 39.7. The Kier molecular flexibility index (Phi) is 38.7. The Morgan fingerprint density at radius 3 is 0.952 bits per heavy atom. The molecule has 7 nitrogen and oxygen atoms in total. The molecule has 6 atom stereocenters. The van der Waals surface area contributed by atoms with Crippen LogP contribution < -0.4 is 0 Å². The summed E-state index contributed by atoms with van der Waals surface area (Å²) in [7, 11) is 3.99. The van der Waals surface area contributed by atoms with E-state index in [9.17, 15) is 14.4 Å². The summed E-state index contributed by atoms with van der Waals surface area (Å²) in [5.41, 5.74) is 0. The molecule has 0 saturated heterocycles. The Hall–Kier alpha value is -1.63. The molecule has 368 valence electrons. The lowest BCUT2D eigenvalue weighted by atomic mass is 9.91. The van der Waals surface area contributed by atoms with Gasteiger partial charge in [-0.1, -0.05) is 185 Å². The van der Waals surface area contributed by atoms with E-state index in [0.29, 0.717) is 70.0 Å². The summed E-state index contributed by atoms with van der Waals surface area (Å²) in [5, 5.41) is 0. The first kappa shape index (κ1) is 60.4. The van der Waals surface area contributed by atoms with Gasteiger partial charge in [-0.3, -0.25) is 14.4 Å². The molecule has 0 amide bonds. The number of ether oxygens (including phenoxy) is 3. The zero-order valence-corrected chi connectivity index (χ0v) is 43.5. The molecule has 0 heterocycles. The summed E-state index contributed by atoms with van der Waals surface area (Å²) in [4.78, 5) is 40.0. The lowest BCUT2D eigenvalue weighted by Gasteiger charge is -2.18. The van der Waals surface area contributed by atoms with Gasteiger partial charge < -0.3 is 19.1 Å². The van der Waals surface area contributed by atoms with E-state index in [0.717, 1.165) is 61.3 Å². The number of hydrogen-bond acceptors (Lipinski definition) is 7. The Labute approximate surface area is 386 Å². The molecule has 0 rings (SSSR count). The van der Waals surface area contributed by atoms with E-state index in [1.165, 1.54) is 116 Å². The van der Waals surface area contributed by atoms with Crippen molar-refractivity contribution in [1.82, 2.24) is 4.90 Å². The number of esters is 3. The third-order valence-electron chi connectivity index (χ3n) is 13.4. The van der Waals surface area contributed by atoms with Crippen LogP contribution in [-0.2, 0) is 28.6 Å². The molecule has 0 bridgehead atoms. The van der Waals surface area contributed by atoms with Crippen LogP contribution >= 0.6 is 0 Å². The van der Waals surface area contributed by atoms with Crippen molar-refractivity contribution in [3.05, 3.63) is 0 Å². The molecule has 0 aromatic carbocycles. The second-order valence-corrected chi connectivity index (χ2v) is 21.8. The highest BCUT2D eigenvalue weighted by molar-refractivity contribution is 5.70. The third-order valence-corrected chi connectivity index (χ3v) is 13.4. The molecule has 62 heavy (non-hydrogen) atoms. The fraction of sp³-hybridized carbons (Fsp3) is 0.945. The van der Waals surface area contributed by atoms with Gasteiger partial charge in [0, 0.05) is 19.3 Å². The SMILES string of the molecule is CC(C)CCCC(C)CCCC(C)CCCC(C)CCOC(=O)CCCC(CCCC(=O)OCCC(C)CCCC(C)CCCC(C)CCCC(C)C)OC(=O)CCCN(C)C. The van der Waals surface area contributed by atoms with E-state index >= 15 is 0 Å². The standard InChI is InChI=1S/C55H107NO6/c1-44(2)22-13-24-46(5)26-15-28-48(7)30-17-32-50(9)39-42-60-53(57)36-19-34-52(62-55(59)38-21-41-56(11)12)35-20-37-54(58)61-43-40-51(10)33-18-31-49(8)29-16-27-47(6)25-14-23-45(3)4/h44-52H,13-43H2,1-12H3. The highest BCUT2D eigenvalue weighted by atomic mass is 16.5. The van der Waals surface area contributed by atoms with Gasteiger partial charge in [0.2, 0.25) is 0 Å². The normalized spacial score (nSPS) is 15.3. The average Bonchev–Trinajstić information content (AvgIpc) is 3.17. The molecule has 0 N–H and O–H groups in total. The minimum Gasteiger partial charge on any atom is -0.466 e. The number of nitrogens with zero attached hydrogens (tertiary/aromatic N) is 1. The Balaban J connectivity index is 4.36. The molecule has 7 heteroatoms. The second-order valence-electron chi connectivity index (χ2n) is 21.8. The summed E-state index contributed by atoms with van der Waals surface area (Å²) < 4.78 is 17.1. The molecular weight excluding hydrogens is 771 g/mol. The van der Waals surface area contributed by atoms with E-state index in [-0.39, 0.29) is 24.0 Å². The maximum atomic E-state index is 12.7. The van der Waals surface area contributed by atoms with Crippen molar-refractivity contribution in [3.8, 4) is 0 Å². The van der Waals surface area contributed by atoms with Crippen molar-refractivity contribution in [2.24, 2.45) is 47.3 Å². The van der Waals surface area contributed by atoms with Gasteiger partial charge in [-0.05, 0) is 113 Å². The first-order chi connectivity index (χ1) is 29.5. The van der Waals surface area contributed by atoms with Gasteiger partial charge in [0.25, 0.3) is 0 Å². The number of rotatable bonds is 43. The van der Waals surface area contributed by atoms with Crippen LogP contribution in [-0.4, -0.2) is 62.8 Å². The van der Waals surface area contributed by atoms with Crippen molar-refractivity contribution < 1.29 is 28.6 Å². The van der Waals surface area contributed by atoms with E-state index < -0.39 is 0 Å². The quantitative estimate of drug-likeness (QED) is 0.0446. The van der Waals surface area contributed by atoms with E-state index in [2.05, 4.69) is 74.1 Å². The molecule has 0 aliphatic rings. The van der Waals surface area contributed by atoms with Crippen LogP contribution in [0.5, 0.6) is 0 Å². The van der Waals surface area contributed by atoms with Crippen molar-refractivity contribution in [2.75, 3.05) is 33.9 Å². The average molecular weight is 878 g/mol. The lowest BCUT2D eigenvalue weighted by molar-refractivity contribution is -0.150. The fourth-order valence-electron chi connectivity index (χ4n) is 8.76. The summed E-state index contributed by atoms with van der Waals surface area (Å²) in [5.74, 6) is 5.42. The zero-order chi connectivity index (χ0) is 46.5. The van der Waals surface area contributed by atoms with Crippen LogP contribution in [0.2, 0.25) is 0 Å². The molecular formula is C55H107NO6. The van der Waals surface area contributed by atoms with Crippen LogP contribution in [0.15, 0.2) is 0 Å². The number of carbonyl (C=O) groups excluding carboxylic acids is 3. The summed E-state index contributed by atoms with van der Waals surface area (Å²) in [6.07, 6.45) is 29.3. The Bertz CT molecular complexity index is 992. The van der Waals surface area contributed by atoms with Gasteiger partial charge in [0.1, 0.15) is 6.10 Å². The topological polar surface area (TPSA) is 82.1 Å². The monoisotopic (exact) mass is 878 g/mol. The molecule has 6 unspecified atom stereocenters. The molecule has 0 fully saturated rings. The van der Waals surface area contributed by atoms with Crippen LogP contribution in [0.25, 0.3) is 0 Å². The third kappa shape index (κ3) is 41.1. The van der Waals surface area contributed by atoms with Gasteiger partial charge in [0.05, 0.1) is 13.2 Å². The Morgan fingerprint density at radius 2 is 0.645 bits per heavy atom. The lowest BCUT2D eigenvalue weighted by Crippen LogP contribution is -2.21. The highest BCUT2D eigenvalue weighted by Crippen LogP contribution is 2.25. The minimum absolute atomic E-state index is 0.180. The van der Waals surface area contributed by atoms with Gasteiger partial charge >= 0.3 is 17.9 Å². The minimum atomic E-state index is -0.316. The van der Waals surface area contributed by atoms with Crippen LogP contribution in [0.4, 0.5) is 0 Å². The van der Waals surface area contributed by atoms with Crippen molar-refractivity contribution >= 4 is 17.9 Å². The predicted molar refractivity (Wildman–Crippen MR) is 264 cm³/mol. The summed E-state index contributed by atoms with van der Waals surface area (Å²) >= 11 is 0. The molecule has 0 aromatic heterocycles. The van der Waals surface area contributed by atoms with Crippen LogP contribution in [0.3, 0.4) is 0 Å². The van der Waals surface area contributed by atoms with Gasteiger partial charge in [-0.15, -0.1) is 0 Å². The maximum Gasteiger partial charge on any atom is 0.306 e. The fourth-order valence-corrected chi connectivity index (χ4v) is 8.76. The number of carbonyl (C=O) groups is 3. The molecule has 0 aromatic rings. The predicted octanol–water partition coefficient (Wildman–Crippen LogP) is 15.6. The van der Waals surface area contributed by atoms with E-state index in [4.69, 9.17) is 14.2 Å². The van der Waals surface area contributed by atoms with Crippen molar-refractivity contribution in [2.45, 2.75) is 255 Å². The van der Waals surface area contributed by atoms with E-state index in [1.54, 1.807) is 0 Å². The highest BCUT2D eigenvalue weighted by Gasteiger charge is 2.18. The largest absolute Gasteiger partial charge is 0.466 e. The van der Waals surface area contributed by atoms with E-state index in [1.807, 2.05) is 14.1 Å². The molecule has 0 aliphatic heterocycles. The van der Waals surface area contributed by atoms with Gasteiger partial charge in [0.15, 0.2) is 0 Å². The summed E-state index contributed by atoms with van der Waals surface area (Å²) in [6.45, 7) is 25.2. The van der Waals surface area contributed by atoms with Crippen LogP contribution in [0.1, 0.15) is 249 Å². The van der Waals surface area contributed by atoms with Gasteiger partial charge in [-0.2, -0.15) is 0 Å². The molecule has 0 saturated carbocycles. The Morgan fingerprint density at radius 1 is 0.355 bits per heavy atom. The molecule has 0 spiro atoms.